The average Bonchev–Trinajstić information content (AvgIpc) is 2.72. The maximum absolute atomic E-state index is 12.7. The molecule has 2 rings (SSSR count). The van der Waals surface area contributed by atoms with Crippen molar-refractivity contribution in [2.24, 2.45) is 10.9 Å². The predicted octanol–water partition coefficient (Wildman–Crippen LogP) is 2.95. The van der Waals surface area contributed by atoms with Gasteiger partial charge in [-0.05, 0) is 50.7 Å². The third-order valence-corrected chi connectivity index (χ3v) is 6.96. The Labute approximate surface area is 170 Å². The van der Waals surface area contributed by atoms with E-state index in [1.54, 1.807) is 28.6 Å². The van der Waals surface area contributed by atoms with Gasteiger partial charge in [0.15, 0.2) is 5.96 Å². The molecular formula is C21H34N4O2S. The topological polar surface area (TPSA) is 65.0 Å². The number of nitrogens with one attached hydrogen (secondary N) is 1. The Kier molecular flexibility index (Phi) is 8.99. The molecule has 1 heterocycles. The molecule has 1 saturated heterocycles. The van der Waals surface area contributed by atoms with Crippen molar-refractivity contribution in [3.63, 3.8) is 0 Å². The molecule has 28 heavy (non-hydrogen) atoms. The molecule has 1 N–H and O–H groups in total. The summed E-state index contributed by atoms with van der Waals surface area (Å²) in [7, 11) is -1.33. The minimum absolute atomic E-state index is 0.377. The fourth-order valence-corrected chi connectivity index (χ4v) is 4.83. The molecule has 156 valence electrons. The van der Waals surface area contributed by atoms with E-state index >= 15 is 0 Å². The lowest BCUT2D eigenvalue weighted by Gasteiger charge is -2.31. The summed E-state index contributed by atoms with van der Waals surface area (Å²) in [6.07, 6.45) is 5.68. The molecule has 0 amide bonds. The molecule has 1 fully saturated rings. The molecule has 0 bridgehead atoms. The van der Waals surface area contributed by atoms with Crippen molar-refractivity contribution < 1.29 is 8.42 Å². The number of piperidine rings is 1. The Hall–Kier alpha value is -1.86. The van der Waals surface area contributed by atoms with Gasteiger partial charge in [-0.25, -0.2) is 8.42 Å². The minimum Gasteiger partial charge on any atom is -0.357 e. The van der Waals surface area contributed by atoms with E-state index < -0.39 is 10.0 Å². The van der Waals surface area contributed by atoms with Gasteiger partial charge in [-0.15, -0.1) is 6.58 Å². The first-order valence-corrected chi connectivity index (χ1v) is 11.6. The summed E-state index contributed by atoms with van der Waals surface area (Å²) in [4.78, 5) is 7.33. The lowest BCUT2D eigenvalue weighted by molar-refractivity contribution is 0.278. The van der Waals surface area contributed by atoms with Gasteiger partial charge in [0, 0.05) is 39.8 Å². The molecule has 0 aliphatic carbocycles. The van der Waals surface area contributed by atoms with Gasteiger partial charge in [-0.3, -0.25) is 4.99 Å². The monoisotopic (exact) mass is 406 g/mol. The van der Waals surface area contributed by atoms with Crippen LogP contribution in [-0.2, 0) is 10.0 Å². The Balaban J connectivity index is 1.89. The van der Waals surface area contributed by atoms with Crippen molar-refractivity contribution in [2.75, 3.05) is 39.8 Å². The van der Waals surface area contributed by atoms with E-state index in [1.807, 2.05) is 12.1 Å². The number of sulfonamides is 1. The first-order chi connectivity index (χ1) is 13.5. The van der Waals surface area contributed by atoms with Crippen LogP contribution < -0.4 is 5.32 Å². The maximum atomic E-state index is 12.7. The summed E-state index contributed by atoms with van der Waals surface area (Å²) in [5.41, 5.74) is 0. The molecule has 1 aromatic rings. The molecule has 1 aromatic carbocycles. The molecule has 0 radical (unpaired) electrons. The molecule has 1 aliphatic rings. The van der Waals surface area contributed by atoms with Gasteiger partial charge in [0.2, 0.25) is 10.0 Å². The number of hydrogen-bond donors (Lipinski definition) is 1. The summed E-state index contributed by atoms with van der Waals surface area (Å²) in [6, 6.07) is 8.69. The summed E-state index contributed by atoms with van der Waals surface area (Å²) in [5.74, 6) is 1.34. The molecule has 6 nitrogen and oxygen atoms in total. The van der Waals surface area contributed by atoms with Crippen LogP contribution in [0.2, 0.25) is 0 Å². The van der Waals surface area contributed by atoms with Gasteiger partial charge in [-0.2, -0.15) is 4.31 Å². The first-order valence-electron chi connectivity index (χ1n) is 10.1. The van der Waals surface area contributed by atoms with Crippen LogP contribution in [0.5, 0.6) is 0 Å². The number of rotatable bonds is 9. The van der Waals surface area contributed by atoms with Crippen LogP contribution in [0, 0.1) is 5.92 Å². The van der Waals surface area contributed by atoms with Crippen LogP contribution in [0.4, 0.5) is 0 Å². The number of nitrogens with zero attached hydrogens (tertiary/aromatic N) is 3. The zero-order chi connectivity index (χ0) is 20.4. The van der Waals surface area contributed by atoms with Gasteiger partial charge in [0.1, 0.15) is 0 Å². The fraction of sp³-hybridized carbons (Fsp3) is 0.571. The number of benzene rings is 1. The minimum atomic E-state index is -3.38. The lowest BCUT2D eigenvalue weighted by atomic mass is 9.98. The van der Waals surface area contributed by atoms with Gasteiger partial charge < -0.3 is 10.2 Å². The third kappa shape index (κ3) is 6.34. The molecular weight excluding hydrogens is 372 g/mol. The van der Waals surface area contributed by atoms with Gasteiger partial charge >= 0.3 is 0 Å². The van der Waals surface area contributed by atoms with Crippen LogP contribution in [0.3, 0.4) is 0 Å². The van der Waals surface area contributed by atoms with Crippen LogP contribution in [-0.4, -0.2) is 63.4 Å². The number of unbranched alkanes of at least 4 members (excludes halogenated alkanes) is 1. The smallest absolute Gasteiger partial charge is 0.243 e. The van der Waals surface area contributed by atoms with Gasteiger partial charge in [0.05, 0.1) is 4.90 Å². The molecule has 1 aliphatic heterocycles. The molecule has 0 unspecified atom stereocenters. The third-order valence-electron chi connectivity index (χ3n) is 5.05. The SMILES string of the molecule is C=CCCCN(C)C(=NCC1CCN(S(=O)(=O)c2ccccc2)CC1)NCC. The highest BCUT2D eigenvalue weighted by Gasteiger charge is 2.29. The molecule has 0 spiro atoms. The summed E-state index contributed by atoms with van der Waals surface area (Å²) >= 11 is 0. The van der Waals surface area contributed by atoms with Gasteiger partial charge in [0.25, 0.3) is 0 Å². The molecule has 7 heteroatoms. The molecule has 0 aromatic heterocycles. The highest BCUT2D eigenvalue weighted by Crippen LogP contribution is 2.23. The van der Waals surface area contributed by atoms with E-state index in [-0.39, 0.29) is 0 Å². The lowest BCUT2D eigenvalue weighted by Crippen LogP contribution is -2.41. The quantitative estimate of drug-likeness (QED) is 0.296. The van der Waals surface area contributed by atoms with E-state index in [9.17, 15) is 8.42 Å². The molecule has 0 atom stereocenters. The summed E-state index contributed by atoms with van der Waals surface area (Å²) < 4.78 is 27.1. The molecule has 0 saturated carbocycles. The van der Waals surface area contributed by atoms with Crippen LogP contribution in [0.1, 0.15) is 32.6 Å². The summed E-state index contributed by atoms with van der Waals surface area (Å²) in [6.45, 7) is 9.45. The van der Waals surface area contributed by atoms with Crippen LogP contribution in [0.25, 0.3) is 0 Å². The first kappa shape index (κ1) is 22.4. The van der Waals surface area contributed by atoms with Crippen molar-refractivity contribution >= 4 is 16.0 Å². The fourth-order valence-electron chi connectivity index (χ4n) is 3.34. The van der Waals surface area contributed by atoms with Crippen LogP contribution >= 0.6 is 0 Å². The Morgan fingerprint density at radius 1 is 1.32 bits per heavy atom. The zero-order valence-electron chi connectivity index (χ0n) is 17.2. The average molecular weight is 407 g/mol. The van der Waals surface area contributed by atoms with E-state index in [4.69, 9.17) is 4.99 Å². The van der Waals surface area contributed by atoms with E-state index in [0.29, 0.717) is 23.9 Å². The largest absolute Gasteiger partial charge is 0.357 e. The number of guanidine groups is 1. The number of allylic oxidation sites excluding steroid dienone is 1. The Morgan fingerprint density at radius 3 is 2.61 bits per heavy atom. The van der Waals surface area contributed by atoms with Gasteiger partial charge in [-0.1, -0.05) is 24.3 Å². The van der Waals surface area contributed by atoms with E-state index in [0.717, 1.165) is 51.3 Å². The van der Waals surface area contributed by atoms with E-state index in [1.165, 1.54) is 0 Å². The second-order valence-electron chi connectivity index (χ2n) is 7.21. The van der Waals surface area contributed by atoms with E-state index in [2.05, 4.69) is 30.8 Å². The van der Waals surface area contributed by atoms with Crippen molar-refractivity contribution in [1.82, 2.24) is 14.5 Å². The second kappa shape index (κ2) is 11.2. The second-order valence-corrected chi connectivity index (χ2v) is 9.15. The zero-order valence-corrected chi connectivity index (χ0v) is 18.0. The number of hydrogen-bond acceptors (Lipinski definition) is 3. The van der Waals surface area contributed by atoms with Crippen molar-refractivity contribution in [2.45, 2.75) is 37.5 Å². The maximum Gasteiger partial charge on any atom is 0.243 e. The predicted molar refractivity (Wildman–Crippen MR) is 116 cm³/mol. The standard InChI is InChI=1S/C21H34N4O2S/c1-4-6-10-15-24(3)21(22-5-2)23-18-19-13-16-25(17-14-19)28(26,27)20-11-8-7-9-12-20/h4,7-9,11-12,19H,1,5-6,10,13-18H2,2-3H3,(H,22,23). The summed E-state index contributed by atoms with van der Waals surface area (Å²) in [5, 5.41) is 3.35. The van der Waals surface area contributed by atoms with Crippen molar-refractivity contribution in [1.29, 1.82) is 0 Å². The van der Waals surface area contributed by atoms with Crippen molar-refractivity contribution in [3.05, 3.63) is 43.0 Å². The van der Waals surface area contributed by atoms with Crippen molar-refractivity contribution in [3.8, 4) is 0 Å². The van der Waals surface area contributed by atoms with Crippen LogP contribution in [0.15, 0.2) is 52.9 Å². The Morgan fingerprint density at radius 2 is 2.00 bits per heavy atom. The Bertz CT molecular complexity index is 726. The normalized spacial score (nSPS) is 16.7. The highest BCUT2D eigenvalue weighted by molar-refractivity contribution is 7.89. The highest BCUT2D eigenvalue weighted by atomic mass is 32.2. The number of aliphatic imine (C=N–C) groups is 1.